The van der Waals surface area contributed by atoms with Crippen LogP contribution in [0.15, 0.2) is 41.3 Å². The third-order valence-electron chi connectivity index (χ3n) is 2.96. The van der Waals surface area contributed by atoms with Gasteiger partial charge in [-0.25, -0.2) is 12.8 Å². The lowest BCUT2D eigenvalue weighted by Gasteiger charge is -2.10. The number of rotatable bonds is 3. The van der Waals surface area contributed by atoms with Gasteiger partial charge in [-0.1, -0.05) is 0 Å². The summed E-state index contributed by atoms with van der Waals surface area (Å²) < 4.78 is 40.0. The minimum absolute atomic E-state index is 0.117. The molecule has 0 bridgehead atoms. The Bertz CT molecular complexity index is 758. The summed E-state index contributed by atoms with van der Waals surface area (Å²) in [4.78, 5) is 0.117. The van der Waals surface area contributed by atoms with E-state index < -0.39 is 10.0 Å². The monoisotopic (exact) mass is 294 g/mol. The zero-order valence-corrected chi connectivity index (χ0v) is 12.0. The molecule has 2 aromatic carbocycles. The Morgan fingerprint density at radius 3 is 2.35 bits per heavy atom. The number of hydrogen-bond acceptors (Lipinski definition) is 3. The van der Waals surface area contributed by atoms with Gasteiger partial charge in [-0.3, -0.25) is 4.72 Å². The van der Waals surface area contributed by atoms with E-state index in [4.69, 9.17) is 5.73 Å². The molecule has 6 heteroatoms. The molecule has 0 heterocycles. The lowest BCUT2D eigenvalue weighted by atomic mass is 10.2. The Balaban J connectivity index is 2.35. The van der Waals surface area contributed by atoms with E-state index in [-0.39, 0.29) is 10.7 Å². The maximum atomic E-state index is 13.2. The fourth-order valence-corrected chi connectivity index (χ4v) is 2.87. The molecule has 20 heavy (non-hydrogen) atoms. The van der Waals surface area contributed by atoms with Crippen molar-refractivity contribution in [2.75, 3.05) is 10.5 Å². The summed E-state index contributed by atoms with van der Waals surface area (Å²) in [6, 6.07) is 8.51. The molecule has 0 fully saturated rings. The van der Waals surface area contributed by atoms with Crippen LogP contribution in [0.1, 0.15) is 11.1 Å². The Kier molecular flexibility index (Phi) is 3.67. The van der Waals surface area contributed by atoms with Gasteiger partial charge < -0.3 is 5.73 Å². The number of nitrogen functional groups attached to an aromatic ring is 1. The average Bonchev–Trinajstić information content (AvgIpc) is 2.37. The molecule has 3 N–H and O–H groups in total. The Morgan fingerprint density at radius 1 is 1.05 bits per heavy atom. The number of nitrogens with two attached hydrogens (primary N) is 1. The van der Waals surface area contributed by atoms with Gasteiger partial charge in [0.1, 0.15) is 5.82 Å². The Labute approximate surface area is 117 Å². The van der Waals surface area contributed by atoms with Crippen molar-refractivity contribution in [1.29, 1.82) is 0 Å². The van der Waals surface area contributed by atoms with Crippen LogP contribution in [0.5, 0.6) is 0 Å². The van der Waals surface area contributed by atoms with Crippen LogP contribution < -0.4 is 10.5 Å². The van der Waals surface area contributed by atoms with Crippen LogP contribution in [-0.4, -0.2) is 8.42 Å². The summed E-state index contributed by atoms with van der Waals surface area (Å²) >= 11 is 0. The predicted molar refractivity (Wildman–Crippen MR) is 77.5 cm³/mol. The van der Waals surface area contributed by atoms with E-state index in [1.54, 1.807) is 19.9 Å². The molecule has 2 aromatic rings. The number of sulfonamides is 1. The standard InChI is InChI=1S/C14H15FN2O2S/c1-9-7-11(3-5-13(9)15)17-20(18,19)12-4-6-14(16)10(2)8-12/h3-8,17H,16H2,1-2H3. The van der Waals surface area contributed by atoms with Crippen molar-refractivity contribution in [1.82, 2.24) is 0 Å². The van der Waals surface area contributed by atoms with E-state index in [1.165, 1.54) is 30.3 Å². The van der Waals surface area contributed by atoms with Crippen LogP contribution in [-0.2, 0) is 10.0 Å². The topological polar surface area (TPSA) is 72.2 Å². The van der Waals surface area contributed by atoms with E-state index in [9.17, 15) is 12.8 Å². The summed E-state index contributed by atoms with van der Waals surface area (Å²) in [5.41, 5.74) is 7.57. The summed E-state index contributed by atoms with van der Waals surface area (Å²) in [5.74, 6) is -0.378. The Morgan fingerprint density at radius 2 is 1.75 bits per heavy atom. The van der Waals surface area contributed by atoms with Crippen LogP contribution in [0.3, 0.4) is 0 Å². The largest absolute Gasteiger partial charge is 0.399 e. The van der Waals surface area contributed by atoms with Crippen LogP contribution in [0.2, 0.25) is 0 Å². The fraction of sp³-hybridized carbons (Fsp3) is 0.143. The third-order valence-corrected chi connectivity index (χ3v) is 4.34. The molecule has 0 unspecified atom stereocenters. The van der Waals surface area contributed by atoms with Crippen LogP contribution in [0.25, 0.3) is 0 Å². The van der Waals surface area contributed by atoms with Crippen LogP contribution >= 0.6 is 0 Å². The minimum Gasteiger partial charge on any atom is -0.399 e. The lowest BCUT2D eigenvalue weighted by molar-refractivity contribution is 0.600. The second-order valence-electron chi connectivity index (χ2n) is 4.59. The van der Waals surface area contributed by atoms with Gasteiger partial charge in [0.15, 0.2) is 0 Å². The molecule has 0 aromatic heterocycles. The highest BCUT2D eigenvalue weighted by Crippen LogP contribution is 2.21. The average molecular weight is 294 g/mol. The number of aryl methyl sites for hydroxylation is 2. The second-order valence-corrected chi connectivity index (χ2v) is 6.27. The summed E-state index contributed by atoms with van der Waals surface area (Å²) in [6.07, 6.45) is 0. The van der Waals surface area contributed by atoms with E-state index in [1.807, 2.05) is 0 Å². The number of anilines is 2. The molecule has 0 saturated heterocycles. The van der Waals surface area contributed by atoms with Crippen molar-refractivity contribution in [3.63, 3.8) is 0 Å². The van der Waals surface area contributed by atoms with Gasteiger partial charge in [-0.2, -0.15) is 0 Å². The maximum Gasteiger partial charge on any atom is 0.261 e. The molecule has 0 spiro atoms. The van der Waals surface area contributed by atoms with Gasteiger partial charge in [-0.15, -0.1) is 0 Å². The molecular formula is C14H15FN2O2S. The second kappa shape index (κ2) is 5.13. The molecular weight excluding hydrogens is 279 g/mol. The highest BCUT2D eigenvalue weighted by Gasteiger charge is 2.15. The number of benzene rings is 2. The smallest absolute Gasteiger partial charge is 0.261 e. The lowest BCUT2D eigenvalue weighted by Crippen LogP contribution is -2.13. The highest BCUT2D eigenvalue weighted by molar-refractivity contribution is 7.92. The van der Waals surface area contributed by atoms with E-state index in [0.29, 0.717) is 22.5 Å². The minimum atomic E-state index is -3.71. The molecule has 106 valence electrons. The molecule has 0 aliphatic carbocycles. The first kappa shape index (κ1) is 14.3. The molecule has 0 saturated carbocycles. The normalized spacial score (nSPS) is 11.3. The van der Waals surface area contributed by atoms with E-state index in [2.05, 4.69) is 4.72 Å². The highest BCUT2D eigenvalue weighted by atomic mass is 32.2. The van der Waals surface area contributed by atoms with Crippen molar-refractivity contribution in [2.45, 2.75) is 18.7 Å². The Hall–Kier alpha value is -2.08. The van der Waals surface area contributed by atoms with Gasteiger partial charge in [0.2, 0.25) is 0 Å². The van der Waals surface area contributed by atoms with Gasteiger partial charge in [-0.05, 0) is 61.4 Å². The molecule has 0 radical (unpaired) electrons. The molecule has 2 rings (SSSR count). The zero-order chi connectivity index (χ0) is 14.9. The van der Waals surface area contributed by atoms with Crippen molar-refractivity contribution in [3.8, 4) is 0 Å². The zero-order valence-electron chi connectivity index (χ0n) is 11.1. The first-order valence-electron chi connectivity index (χ1n) is 5.95. The summed E-state index contributed by atoms with van der Waals surface area (Å²) in [5, 5.41) is 0. The van der Waals surface area contributed by atoms with Crippen LogP contribution in [0.4, 0.5) is 15.8 Å². The summed E-state index contributed by atoms with van der Waals surface area (Å²) in [7, 11) is -3.71. The van der Waals surface area contributed by atoms with Crippen LogP contribution in [0, 0.1) is 19.7 Å². The number of nitrogens with one attached hydrogen (secondary N) is 1. The quantitative estimate of drug-likeness (QED) is 0.855. The van der Waals surface area contributed by atoms with Crippen molar-refractivity contribution in [3.05, 3.63) is 53.3 Å². The van der Waals surface area contributed by atoms with Crippen molar-refractivity contribution in [2.24, 2.45) is 0 Å². The molecule has 0 aliphatic rings. The van der Waals surface area contributed by atoms with E-state index >= 15 is 0 Å². The SMILES string of the molecule is Cc1cc(S(=O)(=O)Nc2ccc(F)c(C)c2)ccc1N. The molecule has 0 amide bonds. The number of hydrogen-bond donors (Lipinski definition) is 2. The third kappa shape index (κ3) is 2.91. The maximum absolute atomic E-state index is 13.2. The van der Waals surface area contributed by atoms with Gasteiger partial charge in [0.05, 0.1) is 4.90 Å². The summed E-state index contributed by atoms with van der Waals surface area (Å²) in [6.45, 7) is 3.30. The predicted octanol–water partition coefficient (Wildman–Crippen LogP) is 2.83. The molecule has 4 nitrogen and oxygen atoms in total. The fourth-order valence-electron chi connectivity index (χ4n) is 1.74. The van der Waals surface area contributed by atoms with Gasteiger partial charge in [0.25, 0.3) is 10.0 Å². The van der Waals surface area contributed by atoms with Crippen molar-refractivity contribution >= 4 is 21.4 Å². The van der Waals surface area contributed by atoms with Gasteiger partial charge >= 0.3 is 0 Å². The first-order chi connectivity index (χ1) is 9.29. The molecule has 0 aliphatic heterocycles. The first-order valence-corrected chi connectivity index (χ1v) is 7.43. The molecule has 0 atom stereocenters. The van der Waals surface area contributed by atoms with Gasteiger partial charge in [0, 0.05) is 11.4 Å². The van der Waals surface area contributed by atoms with E-state index in [0.717, 1.165) is 0 Å². The van der Waals surface area contributed by atoms with Crippen molar-refractivity contribution < 1.29 is 12.8 Å². The number of halogens is 1.